The van der Waals surface area contributed by atoms with Gasteiger partial charge in [0.25, 0.3) is 5.91 Å². The summed E-state index contributed by atoms with van der Waals surface area (Å²) in [5.41, 5.74) is 7.29. The van der Waals surface area contributed by atoms with Crippen molar-refractivity contribution in [3.63, 3.8) is 0 Å². The fourth-order valence-electron chi connectivity index (χ4n) is 2.49. The third-order valence-corrected chi connectivity index (χ3v) is 4.87. The van der Waals surface area contributed by atoms with Crippen LogP contribution < -0.4 is 5.73 Å². The molecule has 1 aromatic rings. The molecule has 1 aliphatic rings. The second kappa shape index (κ2) is 6.25. The first kappa shape index (κ1) is 16.5. The van der Waals surface area contributed by atoms with Crippen LogP contribution in [-0.2, 0) is 6.42 Å². The van der Waals surface area contributed by atoms with E-state index in [9.17, 15) is 4.79 Å². The Hall–Kier alpha value is -0.580. The van der Waals surface area contributed by atoms with Gasteiger partial charge in [0.15, 0.2) is 0 Å². The number of hydrogen-bond donors (Lipinski definition) is 1. The quantitative estimate of drug-likeness (QED) is 0.913. The lowest BCUT2D eigenvalue weighted by Crippen LogP contribution is -2.53. The highest BCUT2D eigenvalue weighted by Crippen LogP contribution is 2.30. The summed E-state index contributed by atoms with van der Waals surface area (Å²) in [5, 5.41) is 2.01. The molecule has 1 aromatic heterocycles. The molecule has 2 heterocycles. The van der Waals surface area contributed by atoms with Crippen molar-refractivity contribution in [3.8, 4) is 0 Å². The number of nitrogens with two attached hydrogens (primary N) is 1. The summed E-state index contributed by atoms with van der Waals surface area (Å²) in [6.45, 7) is 7.92. The van der Waals surface area contributed by atoms with Crippen molar-refractivity contribution in [2.24, 2.45) is 11.1 Å². The predicted molar refractivity (Wildman–Crippen MR) is 83.2 cm³/mol. The molecule has 0 spiro atoms. The Morgan fingerprint density at radius 2 is 2.26 bits per heavy atom. The van der Waals surface area contributed by atoms with Gasteiger partial charge < -0.3 is 10.6 Å². The molecule has 2 rings (SSSR count). The Labute approximate surface area is 125 Å². The van der Waals surface area contributed by atoms with Crippen LogP contribution in [0.25, 0.3) is 0 Å². The lowest BCUT2D eigenvalue weighted by molar-refractivity contribution is 0.0537. The molecule has 0 saturated carbocycles. The van der Waals surface area contributed by atoms with Crippen LogP contribution in [0.1, 0.15) is 42.4 Å². The second-order valence-electron chi connectivity index (χ2n) is 5.74. The zero-order valence-corrected chi connectivity index (χ0v) is 13.4. The number of piperidine rings is 1. The molecule has 108 valence electrons. The number of thiophene rings is 1. The number of nitrogens with zero attached hydrogens (tertiary/aromatic N) is 1. The minimum absolute atomic E-state index is 0. The average Bonchev–Trinajstić information content (AvgIpc) is 2.79. The van der Waals surface area contributed by atoms with Crippen LogP contribution in [0.2, 0.25) is 0 Å². The van der Waals surface area contributed by atoms with Crippen LogP contribution in [0.4, 0.5) is 0 Å². The number of likely N-dealkylation sites (tertiary alicyclic amines) is 1. The van der Waals surface area contributed by atoms with E-state index >= 15 is 0 Å². The third-order valence-electron chi connectivity index (χ3n) is 3.92. The van der Waals surface area contributed by atoms with Crippen LogP contribution >= 0.6 is 23.7 Å². The first-order valence-electron chi connectivity index (χ1n) is 6.57. The van der Waals surface area contributed by atoms with Gasteiger partial charge in [0.1, 0.15) is 0 Å². The van der Waals surface area contributed by atoms with Crippen molar-refractivity contribution in [1.82, 2.24) is 4.90 Å². The largest absolute Gasteiger partial charge is 0.337 e. The van der Waals surface area contributed by atoms with E-state index < -0.39 is 0 Å². The summed E-state index contributed by atoms with van der Waals surface area (Å²) in [7, 11) is 0. The molecule has 0 radical (unpaired) electrons. The normalized spacial score (nSPS) is 21.9. The van der Waals surface area contributed by atoms with Crippen LogP contribution in [0.15, 0.2) is 11.4 Å². The molecule has 1 saturated heterocycles. The lowest BCUT2D eigenvalue weighted by atomic mass is 9.79. The summed E-state index contributed by atoms with van der Waals surface area (Å²) in [4.78, 5) is 15.4. The zero-order valence-electron chi connectivity index (χ0n) is 11.8. The molecule has 1 fully saturated rings. The van der Waals surface area contributed by atoms with Gasteiger partial charge in [-0.15, -0.1) is 23.7 Å². The van der Waals surface area contributed by atoms with Crippen molar-refractivity contribution >= 4 is 29.7 Å². The molecular formula is C14H23ClN2OS. The fourth-order valence-corrected chi connectivity index (χ4v) is 3.45. The number of rotatable bonds is 2. The third kappa shape index (κ3) is 3.30. The van der Waals surface area contributed by atoms with E-state index in [0.29, 0.717) is 0 Å². The minimum Gasteiger partial charge on any atom is -0.337 e. The highest BCUT2D eigenvalue weighted by molar-refractivity contribution is 7.12. The summed E-state index contributed by atoms with van der Waals surface area (Å²) in [5.74, 6) is 0.182. The second-order valence-corrected chi connectivity index (χ2v) is 6.66. The molecule has 2 N–H and O–H groups in total. The Bertz CT molecular complexity index is 444. The van der Waals surface area contributed by atoms with Gasteiger partial charge in [-0.2, -0.15) is 0 Å². The number of aryl methyl sites for hydroxylation is 1. The maximum Gasteiger partial charge on any atom is 0.264 e. The lowest BCUT2D eigenvalue weighted by Gasteiger charge is -2.42. The minimum atomic E-state index is 0. The monoisotopic (exact) mass is 302 g/mol. The first-order chi connectivity index (χ1) is 8.45. The summed E-state index contributed by atoms with van der Waals surface area (Å²) in [6, 6.07) is 2.24. The highest BCUT2D eigenvalue weighted by Gasteiger charge is 2.36. The Balaban J connectivity index is 0.00000180. The SMILES string of the molecule is CCc1ccsc1C(=O)N1CCC(N)C(C)(C)C1.Cl. The van der Waals surface area contributed by atoms with E-state index in [-0.39, 0.29) is 29.8 Å². The van der Waals surface area contributed by atoms with Crippen molar-refractivity contribution < 1.29 is 4.79 Å². The number of hydrogen-bond acceptors (Lipinski definition) is 3. The molecule has 0 bridgehead atoms. The van der Waals surface area contributed by atoms with Gasteiger partial charge in [0, 0.05) is 19.1 Å². The standard InChI is InChI=1S/C14H22N2OS.ClH/c1-4-10-6-8-18-12(10)13(17)16-7-5-11(15)14(2,3)9-16;/h6,8,11H,4-5,7,9,15H2,1-3H3;1H. The Kier molecular flexibility index (Phi) is 5.42. The van der Waals surface area contributed by atoms with Crippen LogP contribution in [0, 0.1) is 5.41 Å². The van der Waals surface area contributed by atoms with Crippen molar-refractivity contribution in [3.05, 3.63) is 21.9 Å². The molecule has 3 nitrogen and oxygen atoms in total. The van der Waals surface area contributed by atoms with Crippen molar-refractivity contribution in [1.29, 1.82) is 0 Å². The predicted octanol–water partition coefficient (Wildman–Crippen LogP) is 2.93. The molecule has 5 heteroatoms. The maximum atomic E-state index is 12.5. The molecular weight excluding hydrogens is 280 g/mol. The van der Waals surface area contributed by atoms with E-state index in [0.717, 1.165) is 36.4 Å². The van der Waals surface area contributed by atoms with Gasteiger partial charge in [0.2, 0.25) is 0 Å². The molecule has 0 aliphatic carbocycles. The van der Waals surface area contributed by atoms with E-state index in [1.807, 2.05) is 10.3 Å². The number of halogens is 1. The van der Waals surface area contributed by atoms with E-state index in [2.05, 4.69) is 26.8 Å². The topological polar surface area (TPSA) is 46.3 Å². The van der Waals surface area contributed by atoms with Gasteiger partial charge in [-0.3, -0.25) is 4.79 Å². The summed E-state index contributed by atoms with van der Waals surface area (Å²) >= 11 is 1.55. The van der Waals surface area contributed by atoms with Gasteiger partial charge in [0.05, 0.1) is 4.88 Å². The van der Waals surface area contributed by atoms with E-state index in [4.69, 9.17) is 5.73 Å². The molecule has 1 unspecified atom stereocenters. The maximum absolute atomic E-state index is 12.5. The first-order valence-corrected chi connectivity index (χ1v) is 7.45. The number of carbonyl (C=O) groups is 1. The van der Waals surface area contributed by atoms with E-state index in [1.165, 1.54) is 0 Å². The molecule has 1 atom stereocenters. The van der Waals surface area contributed by atoms with Crippen LogP contribution in [0.3, 0.4) is 0 Å². The highest BCUT2D eigenvalue weighted by atomic mass is 35.5. The summed E-state index contributed by atoms with van der Waals surface area (Å²) < 4.78 is 0. The van der Waals surface area contributed by atoms with E-state index in [1.54, 1.807) is 11.3 Å². The molecule has 19 heavy (non-hydrogen) atoms. The van der Waals surface area contributed by atoms with Crippen LogP contribution in [-0.4, -0.2) is 29.9 Å². The van der Waals surface area contributed by atoms with Crippen molar-refractivity contribution in [2.45, 2.75) is 39.7 Å². The van der Waals surface area contributed by atoms with Gasteiger partial charge in [-0.05, 0) is 35.3 Å². The Morgan fingerprint density at radius 3 is 2.84 bits per heavy atom. The van der Waals surface area contributed by atoms with Gasteiger partial charge >= 0.3 is 0 Å². The van der Waals surface area contributed by atoms with Gasteiger partial charge in [-0.1, -0.05) is 20.8 Å². The molecule has 1 amide bonds. The van der Waals surface area contributed by atoms with Gasteiger partial charge in [-0.25, -0.2) is 0 Å². The fraction of sp³-hybridized carbons (Fsp3) is 0.643. The number of carbonyl (C=O) groups excluding carboxylic acids is 1. The smallest absolute Gasteiger partial charge is 0.264 e. The number of amides is 1. The Morgan fingerprint density at radius 1 is 1.58 bits per heavy atom. The average molecular weight is 303 g/mol. The summed E-state index contributed by atoms with van der Waals surface area (Å²) in [6.07, 6.45) is 1.81. The zero-order chi connectivity index (χ0) is 13.3. The molecule has 1 aliphatic heterocycles. The van der Waals surface area contributed by atoms with Crippen molar-refractivity contribution in [2.75, 3.05) is 13.1 Å². The molecule has 0 aromatic carbocycles. The van der Waals surface area contributed by atoms with Crippen LogP contribution in [0.5, 0.6) is 0 Å².